The van der Waals surface area contributed by atoms with Crippen LogP contribution < -0.4 is 10.1 Å². The van der Waals surface area contributed by atoms with Gasteiger partial charge in [0.25, 0.3) is 0 Å². The number of carbonyl (C=O) groups excluding carboxylic acids is 2. The number of halogens is 1. The minimum absolute atomic E-state index is 0.0144. The van der Waals surface area contributed by atoms with Gasteiger partial charge in [-0.3, -0.25) is 9.59 Å². The molecule has 194 valence electrons. The number of carbonyl (C=O) groups is 2. The summed E-state index contributed by atoms with van der Waals surface area (Å²) in [5.41, 5.74) is 1.30. The lowest BCUT2D eigenvalue weighted by Gasteiger charge is -2.30. The Labute approximate surface area is 221 Å². The van der Waals surface area contributed by atoms with Crippen molar-refractivity contribution in [2.45, 2.75) is 29.9 Å². The predicted molar refractivity (Wildman–Crippen MR) is 138 cm³/mol. The number of hydrogen-bond acceptors (Lipinski definition) is 6. The van der Waals surface area contributed by atoms with Gasteiger partial charge in [0.05, 0.1) is 31.1 Å². The van der Waals surface area contributed by atoms with E-state index in [1.165, 1.54) is 19.2 Å². The fourth-order valence-corrected chi connectivity index (χ4v) is 6.62. The van der Waals surface area contributed by atoms with Crippen molar-refractivity contribution in [1.29, 1.82) is 0 Å². The Bertz CT molecular complexity index is 1370. The predicted octanol–water partition coefficient (Wildman–Crippen LogP) is 3.96. The van der Waals surface area contributed by atoms with E-state index in [4.69, 9.17) is 21.1 Å². The largest absolute Gasteiger partial charge is 0.497 e. The molecule has 1 N–H and O–H groups in total. The highest BCUT2D eigenvalue weighted by Gasteiger charge is 2.54. The lowest BCUT2D eigenvalue weighted by molar-refractivity contribution is -0.146. The maximum Gasteiger partial charge on any atom is 0.310 e. The molecule has 0 radical (unpaired) electrons. The smallest absolute Gasteiger partial charge is 0.310 e. The van der Waals surface area contributed by atoms with Crippen molar-refractivity contribution in [2.75, 3.05) is 14.2 Å². The molecule has 4 rings (SSSR count). The van der Waals surface area contributed by atoms with Gasteiger partial charge >= 0.3 is 5.97 Å². The van der Waals surface area contributed by atoms with Crippen LogP contribution in [0.25, 0.3) is 0 Å². The highest BCUT2D eigenvalue weighted by Crippen LogP contribution is 2.45. The standard InChI is InChI=1S/C27H27ClN2O6S/c1-35-21-13-11-18(12-14-21)17-29-26(31)24-16-23(27(32)36-2)25(19-7-6-8-20(28)15-19)30(24)37(33,34)22-9-4-3-5-10-22/h3-15,23-25H,16-17H2,1-2H3,(H,29,31). The summed E-state index contributed by atoms with van der Waals surface area (Å²) in [5.74, 6) is -1.37. The van der Waals surface area contributed by atoms with E-state index in [0.717, 1.165) is 9.87 Å². The summed E-state index contributed by atoms with van der Waals surface area (Å²) in [7, 11) is -1.40. The average Bonchev–Trinajstić information content (AvgIpc) is 3.34. The zero-order chi connectivity index (χ0) is 26.6. The molecule has 1 saturated heterocycles. The number of amides is 1. The Balaban J connectivity index is 1.74. The van der Waals surface area contributed by atoms with Crippen molar-refractivity contribution >= 4 is 33.5 Å². The van der Waals surface area contributed by atoms with Crippen molar-refractivity contribution in [3.8, 4) is 5.75 Å². The van der Waals surface area contributed by atoms with E-state index >= 15 is 0 Å². The summed E-state index contributed by atoms with van der Waals surface area (Å²) < 4.78 is 39.2. The molecule has 0 aromatic heterocycles. The molecule has 10 heteroatoms. The monoisotopic (exact) mass is 542 g/mol. The van der Waals surface area contributed by atoms with Gasteiger partial charge in [-0.25, -0.2) is 8.42 Å². The van der Waals surface area contributed by atoms with Gasteiger partial charge < -0.3 is 14.8 Å². The molecule has 3 aromatic carbocycles. The van der Waals surface area contributed by atoms with Gasteiger partial charge in [0.15, 0.2) is 0 Å². The molecule has 0 bridgehead atoms. The minimum Gasteiger partial charge on any atom is -0.497 e. The zero-order valence-corrected chi connectivity index (χ0v) is 21.9. The number of rotatable bonds is 8. The number of esters is 1. The van der Waals surface area contributed by atoms with Crippen molar-refractivity contribution in [1.82, 2.24) is 9.62 Å². The molecule has 3 atom stereocenters. The second-order valence-electron chi connectivity index (χ2n) is 8.59. The molecular formula is C27H27ClN2O6S. The van der Waals surface area contributed by atoms with Gasteiger partial charge in [-0.2, -0.15) is 4.31 Å². The molecule has 3 unspecified atom stereocenters. The van der Waals surface area contributed by atoms with Gasteiger partial charge in [-0.15, -0.1) is 0 Å². The van der Waals surface area contributed by atoms with E-state index in [1.807, 2.05) is 0 Å². The number of hydrogen-bond donors (Lipinski definition) is 1. The van der Waals surface area contributed by atoms with E-state index in [1.54, 1.807) is 73.8 Å². The van der Waals surface area contributed by atoms with E-state index < -0.39 is 39.9 Å². The molecular weight excluding hydrogens is 516 g/mol. The summed E-state index contributed by atoms with van der Waals surface area (Å²) in [6.07, 6.45) is -0.0512. The van der Waals surface area contributed by atoms with Crippen LogP contribution in [0.4, 0.5) is 0 Å². The van der Waals surface area contributed by atoms with Crippen molar-refractivity contribution < 1.29 is 27.5 Å². The Hall–Kier alpha value is -3.40. The molecule has 0 saturated carbocycles. The van der Waals surface area contributed by atoms with Crippen LogP contribution in [0.2, 0.25) is 5.02 Å². The van der Waals surface area contributed by atoms with Crippen LogP contribution in [-0.2, 0) is 30.9 Å². The maximum atomic E-state index is 14.0. The van der Waals surface area contributed by atoms with Gasteiger partial charge in [0.2, 0.25) is 15.9 Å². The molecule has 37 heavy (non-hydrogen) atoms. The van der Waals surface area contributed by atoms with Crippen LogP contribution in [0.1, 0.15) is 23.6 Å². The zero-order valence-electron chi connectivity index (χ0n) is 20.3. The fraction of sp³-hybridized carbons (Fsp3) is 0.259. The lowest BCUT2D eigenvalue weighted by atomic mass is 9.93. The van der Waals surface area contributed by atoms with Crippen LogP contribution in [0.15, 0.2) is 83.8 Å². The quantitative estimate of drug-likeness (QED) is 0.432. The molecule has 1 aliphatic heterocycles. The molecule has 1 aliphatic rings. The van der Waals surface area contributed by atoms with Crippen LogP contribution in [-0.4, -0.2) is 44.9 Å². The minimum atomic E-state index is -4.20. The topological polar surface area (TPSA) is 102 Å². The first-order chi connectivity index (χ1) is 17.8. The van der Waals surface area contributed by atoms with Gasteiger partial charge in [0.1, 0.15) is 11.8 Å². The number of nitrogens with zero attached hydrogens (tertiary/aromatic N) is 1. The van der Waals surface area contributed by atoms with Gasteiger partial charge in [-0.05, 0) is 53.9 Å². The van der Waals surface area contributed by atoms with Crippen LogP contribution >= 0.6 is 11.6 Å². The molecule has 1 amide bonds. The van der Waals surface area contributed by atoms with Crippen molar-refractivity contribution in [2.24, 2.45) is 5.92 Å². The van der Waals surface area contributed by atoms with Gasteiger partial charge in [-0.1, -0.05) is 54.1 Å². The molecule has 0 spiro atoms. The van der Waals surface area contributed by atoms with E-state index in [2.05, 4.69) is 5.32 Å². The van der Waals surface area contributed by atoms with E-state index in [0.29, 0.717) is 16.3 Å². The number of benzene rings is 3. The normalized spacial score (nSPS) is 19.8. The highest BCUT2D eigenvalue weighted by molar-refractivity contribution is 7.89. The van der Waals surface area contributed by atoms with Gasteiger partial charge in [0, 0.05) is 11.6 Å². The molecule has 1 fully saturated rings. The first-order valence-corrected chi connectivity index (χ1v) is 13.4. The first kappa shape index (κ1) is 26.7. The van der Waals surface area contributed by atoms with E-state index in [9.17, 15) is 18.0 Å². The maximum absolute atomic E-state index is 14.0. The fourth-order valence-electron chi connectivity index (χ4n) is 4.60. The third-order valence-electron chi connectivity index (χ3n) is 6.38. The Morgan fingerprint density at radius 1 is 1.00 bits per heavy atom. The number of ether oxygens (including phenoxy) is 2. The SMILES string of the molecule is COC(=O)C1CC(C(=O)NCc2ccc(OC)cc2)N(S(=O)(=O)c2ccccc2)C1c1cccc(Cl)c1. The summed E-state index contributed by atoms with van der Waals surface area (Å²) >= 11 is 6.23. The number of methoxy groups -OCH3 is 2. The summed E-state index contributed by atoms with van der Waals surface area (Å²) in [6, 6.07) is 19.5. The molecule has 1 heterocycles. The Kier molecular flexibility index (Phi) is 8.16. The van der Waals surface area contributed by atoms with Crippen LogP contribution in [0, 0.1) is 5.92 Å². The van der Waals surface area contributed by atoms with Crippen molar-refractivity contribution in [3.05, 3.63) is 95.0 Å². The van der Waals surface area contributed by atoms with Crippen molar-refractivity contribution in [3.63, 3.8) is 0 Å². The molecule has 8 nitrogen and oxygen atoms in total. The summed E-state index contributed by atoms with van der Waals surface area (Å²) in [6.45, 7) is 0.170. The van der Waals surface area contributed by atoms with Crippen LogP contribution in [0.3, 0.4) is 0 Å². The number of nitrogens with one attached hydrogen (secondary N) is 1. The highest BCUT2D eigenvalue weighted by atomic mass is 35.5. The third kappa shape index (κ3) is 5.64. The summed E-state index contributed by atoms with van der Waals surface area (Å²) in [5, 5.41) is 3.21. The second-order valence-corrected chi connectivity index (χ2v) is 10.9. The lowest BCUT2D eigenvalue weighted by Crippen LogP contribution is -2.46. The molecule has 3 aromatic rings. The Morgan fingerprint density at radius 2 is 1.70 bits per heavy atom. The summed E-state index contributed by atoms with van der Waals surface area (Å²) in [4.78, 5) is 26.4. The first-order valence-electron chi connectivity index (χ1n) is 11.6. The van der Waals surface area contributed by atoms with E-state index in [-0.39, 0.29) is 17.9 Å². The Morgan fingerprint density at radius 3 is 2.32 bits per heavy atom. The average molecular weight is 543 g/mol. The third-order valence-corrected chi connectivity index (χ3v) is 8.52. The molecule has 0 aliphatic carbocycles. The number of sulfonamides is 1. The second kappa shape index (κ2) is 11.3. The van der Waals surface area contributed by atoms with Crippen LogP contribution in [0.5, 0.6) is 5.75 Å².